The molecule has 0 bridgehead atoms. The van der Waals surface area contributed by atoms with E-state index in [-0.39, 0.29) is 27.9 Å². The van der Waals surface area contributed by atoms with Gasteiger partial charge in [-0.25, -0.2) is 0 Å². The third kappa shape index (κ3) is 5.30. The van der Waals surface area contributed by atoms with Gasteiger partial charge in [-0.1, -0.05) is 35.2 Å². The average molecular weight is 488 g/mol. The first kappa shape index (κ1) is 23.8. The summed E-state index contributed by atoms with van der Waals surface area (Å²) in [6.45, 7) is 0. The number of nitro groups is 1. The lowest BCUT2D eigenvalue weighted by Crippen LogP contribution is -2.15. The van der Waals surface area contributed by atoms with Crippen LogP contribution in [0.25, 0.3) is 0 Å². The van der Waals surface area contributed by atoms with Gasteiger partial charge in [0.1, 0.15) is 5.56 Å². The number of benzene rings is 2. The second-order valence-electron chi connectivity index (χ2n) is 6.22. The molecule has 2 aromatic carbocycles. The van der Waals surface area contributed by atoms with Gasteiger partial charge in [0.25, 0.3) is 5.91 Å². The monoisotopic (exact) mass is 487 g/mol. The van der Waals surface area contributed by atoms with Gasteiger partial charge < -0.3 is 14.2 Å². The third-order valence-corrected chi connectivity index (χ3v) is 6.35. The number of aromatic nitrogens is 2. The fourth-order valence-corrected chi connectivity index (χ4v) is 4.50. The van der Waals surface area contributed by atoms with Crippen molar-refractivity contribution in [2.24, 2.45) is 0 Å². The molecule has 3 aromatic rings. The first-order valence-electron chi connectivity index (χ1n) is 9.15. The molecule has 11 nitrogen and oxygen atoms in total. The van der Waals surface area contributed by atoms with Gasteiger partial charge >= 0.3 is 5.69 Å². The fraction of sp³-hybridized carbons (Fsp3) is 0.200. The Balaban J connectivity index is 1.79. The highest BCUT2D eigenvalue weighted by molar-refractivity contribution is 8.00. The van der Waals surface area contributed by atoms with E-state index in [4.69, 9.17) is 19.5 Å². The van der Waals surface area contributed by atoms with E-state index in [1.54, 1.807) is 12.1 Å². The maximum absolute atomic E-state index is 12.9. The van der Waals surface area contributed by atoms with Crippen LogP contribution in [0.15, 0.2) is 34.7 Å². The molecule has 0 atom stereocenters. The van der Waals surface area contributed by atoms with E-state index in [2.05, 4.69) is 21.6 Å². The van der Waals surface area contributed by atoms with Crippen LogP contribution >= 0.6 is 23.1 Å². The van der Waals surface area contributed by atoms with Crippen LogP contribution in [0.2, 0.25) is 0 Å². The number of hydrogen-bond donors (Lipinski definition) is 1. The molecule has 170 valence electrons. The number of nitro benzene ring substituents is 1. The van der Waals surface area contributed by atoms with E-state index in [0.29, 0.717) is 15.7 Å². The smallest absolute Gasteiger partial charge is 0.327 e. The van der Waals surface area contributed by atoms with Crippen LogP contribution in [0.4, 0.5) is 10.8 Å². The second-order valence-corrected chi connectivity index (χ2v) is 8.42. The number of carbonyl (C=O) groups excluding carboxylic acids is 1. The zero-order valence-electron chi connectivity index (χ0n) is 17.6. The molecule has 1 N–H and O–H groups in total. The Hall–Kier alpha value is -3.89. The zero-order valence-corrected chi connectivity index (χ0v) is 19.3. The van der Waals surface area contributed by atoms with Gasteiger partial charge in [0, 0.05) is 11.8 Å². The number of anilines is 1. The third-order valence-electron chi connectivity index (χ3n) is 4.30. The van der Waals surface area contributed by atoms with Gasteiger partial charge in [-0.3, -0.25) is 20.2 Å². The van der Waals surface area contributed by atoms with Crippen LogP contribution in [0.1, 0.15) is 21.5 Å². The molecular formula is C20H17N5O6S2. The summed E-state index contributed by atoms with van der Waals surface area (Å²) < 4.78 is 16.1. The second kappa shape index (κ2) is 10.6. The molecule has 33 heavy (non-hydrogen) atoms. The number of nitriles is 1. The maximum atomic E-state index is 12.9. The molecule has 0 radical (unpaired) electrons. The van der Waals surface area contributed by atoms with Gasteiger partial charge in [-0.05, 0) is 17.7 Å². The molecule has 0 saturated carbocycles. The molecule has 0 fully saturated rings. The van der Waals surface area contributed by atoms with E-state index in [1.807, 2.05) is 12.1 Å². The Labute approximate surface area is 196 Å². The highest BCUT2D eigenvalue weighted by Crippen LogP contribution is 2.46. The molecule has 1 amide bonds. The summed E-state index contributed by atoms with van der Waals surface area (Å²) >= 11 is 2.53. The van der Waals surface area contributed by atoms with Crippen molar-refractivity contribution < 1.29 is 23.9 Å². The van der Waals surface area contributed by atoms with E-state index < -0.39 is 16.5 Å². The minimum atomic E-state index is -0.777. The summed E-state index contributed by atoms with van der Waals surface area (Å²) in [6.07, 6.45) is 0. The Morgan fingerprint density at radius 3 is 2.45 bits per heavy atom. The van der Waals surface area contributed by atoms with Crippen LogP contribution in [0.5, 0.6) is 17.2 Å². The highest BCUT2D eigenvalue weighted by Gasteiger charge is 2.32. The number of hydrogen-bond acceptors (Lipinski definition) is 11. The van der Waals surface area contributed by atoms with Crippen molar-refractivity contribution in [2.75, 3.05) is 26.6 Å². The number of nitrogens with one attached hydrogen (secondary N) is 1. The first-order valence-corrected chi connectivity index (χ1v) is 11.0. The van der Waals surface area contributed by atoms with Gasteiger partial charge in [0.2, 0.25) is 16.6 Å². The predicted octanol–water partition coefficient (Wildman–Crippen LogP) is 3.89. The summed E-state index contributed by atoms with van der Waals surface area (Å²) in [7, 11) is 3.88. The van der Waals surface area contributed by atoms with Crippen molar-refractivity contribution >= 4 is 39.8 Å². The number of nitrogens with zero attached hydrogens (tertiary/aromatic N) is 4. The molecule has 0 aliphatic carbocycles. The molecule has 0 aliphatic heterocycles. The van der Waals surface area contributed by atoms with E-state index >= 15 is 0 Å². The quantitative estimate of drug-likeness (QED) is 0.204. The van der Waals surface area contributed by atoms with Crippen LogP contribution in [-0.4, -0.2) is 42.4 Å². The van der Waals surface area contributed by atoms with Crippen LogP contribution in [0, 0.1) is 21.4 Å². The Bertz CT molecular complexity index is 1220. The van der Waals surface area contributed by atoms with Gasteiger partial charge in [-0.15, -0.1) is 10.2 Å². The van der Waals surface area contributed by atoms with Crippen LogP contribution < -0.4 is 19.5 Å². The number of methoxy groups -OCH3 is 3. The molecule has 13 heteroatoms. The number of amides is 1. The molecule has 1 heterocycles. The van der Waals surface area contributed by atoms with Crippen molar-refractivity contribution in [3.05, 3.63) is 57.1 Å². The maximum Gasteiger partial charge on any atom is 0.327 e. The summed E-state index contributed by atoms with van der Waals surface area (Å²) in [4.78, 5) is 23.8. The summed E-state index contributed by atoms with van der Waals surface area (Å²) in [5, 5.41) is 31.2. The number of rotatable bonds is 9. The number of thioether (sulfide) groups is 1. The molecule has 1 aromatic heterocycles. The van der Waals surface area contributed by atoms with E-state index in [0.717, 1.165) is 16.9 Å². The Morgan fingerprint density at radius 1 is 1.18 bits per heavy atom. The SMILES string of the molecule is COc1cc(C(=O)Nc2nnc(SCc3ccc(C#N)cc3)s2)c([N+](=O)[O-])c(OC)c1OC. The van der Waals surface area contributed by atoms with Crippen molar-refractivity contribution in [3.63, 3.8) is 0 Å². The number of ether oxygens (including phenoxy) is 3. The van der Waals surface area contributed by atoms with Crippen molar-refractivity contribution in [1.29, 1.82) is 5.26 Å². The minimum Gasteiger partial charge on any atom is -0.493 e. The van der Waals surface area contributed by atoms with Crippen molar-refractivity contribution in [1.82, 2.24) is 10.2 Å². The summed E-state index contributed by atoms with van der Waals surface area (Å²) in [5.74, 6) is -0.322. The lowest BCUT2D eigenvalue weighted by molar-refractivity contribution is -0.386. The van der Waals surface area contributed by atoms with Gasteiger partial charge in [-0.2, -0.15) is 5.26 Å². The minimum absolute atomic E-state index is 0.000606. The van der Waals surface area contributed by atoms with Crippen molar-refractivity contribution in [3.8, 4) is 23.3 Å². The Kier molecular flexibility index (Phi) is 7.65. The predicted molar refractivity (Wildman–Crippen MR) is 121 cm³/mol. The largest absolute Gasteiger partial charge is 0.493 e. The molecule has 3 rings (SSSR count). The summed E-state index contributed by atoms with van der Waals surface area (Å²) in [5.41, 5.74) is 0.724. The highest BCUT2D eigenvalue weighted by atomic mass is 32.2. The Morgan fingerprint density at radius 2 is 1.88 bits per heavy atom. The molecule has 0 spiro atoms. The van der Waals surface area contributed by atoms with E-state index in [9.17, 15) is 14.9 Å². The standard InChI is InChI=1S/C20H17N5O6S2/c1-29-14-8-13(15(25(27)28)17(31-3)16(14)30-2)18(26)22-19-23-24-20(33-19)32-10-12-6-4-11(9-21)5-7-12/h4-8H,10H2,1-3H3,(H,22,23,26). The fourth-order valence-electron chi connectivity index (χ4n) is 2.80. The lowest BCUT2D eigenvalue weighted by atomic mass is 10.1. The number of carbonyl (C=O) groups is 1. The van der Waals surface area contributed by atoms with E-state index in [1.165, 1.54) is 39.2 Å². The average Bonchev–Trinajstić information content (AvgIpc) is 3.28. The molecule has 0 aliphatic rings. The molecular weight excluding hydrogens is 470 g/mol. The topological polar surface area (TPSA) is 150 Å². The molecule has 0 unspecified atom stereocenters. The first-order chi connectivity index (χ1) is 15.9. The summed E-state index contributed by atoms with van der Waals surface area (Å²) in [6, 6.07) is 10.4. The van der Waals surface area contributed by atoms with Crippen LogP contribution in [0.3, 0.4) is 0 Å². The van der Waals surface area contributed by atoms with Crippen LogP contribution in [-0.2, 0) is 5.75 Å². The molecule has 0 saturated heterocycles. The lowest BCUT2D eigenvalue weighted by Gasteiger charge is -2.14. The van der Waals surface area contributed by atoms with Gasteiger partial charge in [0.05, 0.1) is 37.9 Å². The van der Waals surface area contributed by atoms with Crippen molar-refractivity contribution in [2.45, 2.75) is 10.1 Å². The normalized spacial score (nSPS) is 10.2. The van der Waals surface area contributed by atoms with Gasteiger partial charge in [0.15, 0.2) is 10.1 Å². The zero-order chi connectivity index (χ0) is 24.0.